The zero-order valence-electron chi connectivity index (χ0n) is 13.1. The number of aryl methyl sites for hydroxylation is 1. The zero-order chi connectivity index (χ0) is 15.0. The van der Waals surface area contributed by atoms with Gasteiger partial charge in [-0.2, -0.15) is 0 Å². The normalized spacial score (nSPS) is 26.8. The molecule has 1 aromatic carbocycles. The van der Waals surface area contributed by atoms with E-state index in [0.29, 0.717) is 13.2 Å². The predicted octanol–water partition coefficient (Wildman–Crippen LogP) is 1.59. The molecule has 0 radical (unpaired) electrons. The van der Waals surface area contributed by atoms with Crippen LogP contribution in [0.5, 0.6) is 0 Å². The molecule has 0 aromatic heterocycles. The van der Waals surface area contributed by atoms with Gasteiger partial charge in [0.2, 0.25) is 5.91 Å². The van der Waals surface area contributed by atoms with Crippen LogP contribution in [0.25, 0.3) is 0 Å². The van der Waals surface area contributed by atoms with Gasteiger partial charge in [-0.25, -0.2) is 0 Å². The molecule has 4 heteroatoms. The Morgan fingerprint density at radius 1 is 1.24 bits per heavy atom. The SMILES string of the molecule is Cc1cccc(CN2C[C@@H]3COC[C@H](C2)N(C)C3=O)c1C. The van der Waals surface area contributed by atoms with E-state index in [-0.39, 0.29) is 17.9 Å². The van der Waals surface area contributed by atoms with Crippen LogP contribution in [-0.2, 0) is 16.1 Å². The van der Waals surface area contributed by atoms with Crippen molar-refractivity contribution in [2.45, 2.75) is 26.4 Å². The minimum absolute atomic E-state index is 0.0207. The number of nitrogens with zero attached hydrogens (tertiary/aromatic N) is 2. The van der Waals surface area contributed by atoms with E-state index in [0.717, 1.165) is 19.6 Å². The number of fused-ring (bicyclic) bond motifs is 3. The largest absolute Gasteiger partial charge is 0.378 e. The van der Waals surface area contributed by atoms with Crippen LogP contribution in [0.2, 0.25) is 0 Å². The fraction of sp³-hybridized carbons (Fsp3) is 0.588. The molecule has 0 N–H and O–H groups in total. The number of ether oxygens (including phenoxy) is 1. The Balaban J connectivity index is 1.81. The minimum atomic E-state index is -0.0207. The third-order valence-electron chi connectivity index (χ3n) is 4.93. The highest BCUT2D eigenvalue weighted by Crippen LogP contribution is 2.22. The molecule has 1 aromatic rings. The second-order valence-corrected chi connectivity index (χ2v) is 6.39. The molecule has 0 spiro atoms. The van der Waals surface area contributed by atoms with Crippen LogP contribution in [-0.4, -0.2) is 55.1 Å². The Morgan fingerprint density at radius 3 is 2.86 bits per heavy atom. The van der Waals surface area contributed by atoms with Gasteiger partial charge in [-0.05, 0) is 30.5 Å². The van der Waals surface area contributed by atoms with E-state index in [1.54, 1.807) is 0 Å². The number of benzene rings is 1. The van der Waals surface area contributed by atoms with Gasteiger partial charge in [-0.1, -0.05) is 18.2 Å². The van der Waals surface area contributed by atoms with Gasteiger partial charge in [-0.3, -0.25) is 9.69 Å². The third-order valence-corrected chi connectivity index (χ3v) is 4.93. The number of carbonyl (C=O) groups excluding carboxylic acids is 1. The summed E-state index contributed by atoms with van der Waals surface area (Å²) in [5, 5.41) is 0. The van der Waals surface area contributed by atoms with Crippen LogP contribution < -0.4 is 0 Å². The van der Waals surface area contributed by atoms with Crippen LogP contribution in [0.3, 0.4) is 0 Å². The first-order valence-corrected chi connectivity index (χ1v) is 7.68. The molecule has 2 bridgehead atoms. The number of rotatable bonds is 2. The number of amides is 1. The fourth-order valence-electron chi connectivity index (χ4n) is 3.34. The van der Waals surface area contributed by atoms with Crippen molar-refractivity contribution >= 4 is 5.91 Å². The molecule has 1 amide bonds. The zero-order valence-corrected chi connectivity index (χ0v) is 13.1. The highest BCUT2D eigenvalue weighted by molar-refractivity contribution is 5.79. The highest BCUT2D eigenvalue weighted by atomic mass is 16.5. The minimum Gasteiger partial charge on any atom is -0.378 e. The van der Waals surface area contributed by atoms with Crippen molar-refractivity contribution in [1.29, 1.82) is 0 Å². The summed E-state index contributed by atoms with van der Waals surface area (Å²) in [5.41, 5.74) is 4.06. The van der Waals surface area contributed by atoms with E-state index >= 15 is 0 Å². The molecule has 2 aliphatic rings. The van der Waals surface area contributed by atoms with E-state index in [1.165, 1.54) is 16.7 Å². The molecule has 114 valence electrons. The number of likely N-dealkylation sites (N-methyl/N-ethyl adjacent to an activating group) is 1. The first-order valence-electron chi connectivity index (χ1n) is 7.68. The second kappa shape index (κ2) is 5.78. The molecular weight excluding hydrogens is 264 g/mol. The standard InChI is InChI=1S/C17H24N2O2/c1-12-5-4-6-14(13(12)2)7-19-8-15-10-21-11-16(9-19)18(3)17(15)20/h4-6,15-16H,7-11H2,1-3H3/t15-,16+/m1/s1. The van der Waals surface area contributed by atoms with Crippen LogP contribution in [0.4, 0.5) is 0 Å². The lowest BCUT2D eigenvalue weighted by atomic mass is 10.0. The van der Waals surface area contributed by atoms with Gasteiger partial charge in [0.25, 0.3) is 0 Å². The fourth-order valence-corrected chi connectivity index (χ4v) is 3.34. The van der Waals surface area contributed by atoms with Gasteiger partial charge in [0.1, 0.15) is 0 Å². The van der Waals surface area contributed by atoms with Crippen LogP contribution in [0, 0.1) is 19.8 Å². The van der Waals surface area contributed by atoms with E-state index in [1.807, 2.05) is 11.9 Å². The van der Waals surface area contributed by atoms with Gasteiger partial charge in [0.15, 0.2) is 0 Å². The summed E-state index contributed by atoms with van der Waals surface area (Å²) in [6, 6.07) is 6.65. The van der Waals surface area contributed by atoms with Crippen LogP contribution >= 0.6 is 0 Å². The molecule has 0 unspecified atom stereocenters. The van der Waals surface area contributed by atoms with Crippen LogP contribution in [0.15, 0.2) is 18.2 Å². The lowest BCUT2D eigenvalue weighted by Gasteiger charge is -2.29. The van der Waals surface area contributed by atoms with Gasteiger partial charge >= 0.3 is 0 Å². The van der Waals surface area contributed by atoms with Crippen molar-refractivity contribution in [3.05, 3.63) is 34.9 Å². The summed E-state index contributed by atoms with van der Waals surface area (Å²) in [6.45, 7) is 8.16. The summed E-state index contributed by atoms with van der Waals surface area (Å²) in [5.74, 6) is 0.216. The van der Waals surface area contributed by atoms with Crippen molar-refractivity contribution < 1.29 is 9.53 Å². The maximum Gasteiger partial charge on any atom is 0.229 e. The second-order valence-electron chi connectivity index (χ2n) is 6.39. The Morgan fingerprint density at radius 2 is 2.05 bits per heavy atom. The van der Waals surface area contributed by atoms with E-state index in [9.17, 15) is 4.79 Å². The molecule has 2 aliphatic heterocycles. The quantitative estimate of drug-likeness (QED) is 0.828. The lowest BCUT2D eigenvalue weighted by molar-refractivity contribution is -0.133. The average molecular weight is 288 g/mol. The summed E-state index contributed by atoms with van der Waals surface area (Å²) in [6.07, 6.45) is 0. The molecule has 2 saturated heterocycles. The Bertz CT molecular complexity index is 544. The topological polar surface area (TPSA) is 32.8 Å². The Labute approximate surface area is 126 Å². The highest BCUT2D eigenvalue weighted by Gasteiger charge is 2.37. The van der Waals surface area contributed by atoms with Gasteiger partial charge in [-0.15, -0.1) is 0 Å². The molecule has 4 nitrogen and oxygen atoms in total. The van der Waals surface area contributed by atoms with E-state index < -0.39 is 0 Å². The average Bonchev–Trinajstić information content (AvgIpc) is 2.62. The summed E-state index contributed by atoms with van der Waals surface area (Å²) >= 11 is 0. The number of hydrogen-bond acceptors (Lipinski definition) is 3. The molecule has 2 heterocycles. The Kier molecular flexibility index (Phi) is 4.00. The van der Waals surface area contributed by atoms with E-state index in [4.69, 9.17) is 4.74 Å². The monoisotopic (exact) mass is 288 g/mol. The Hall–Kier alpha value is -1.39. The van der Waals surface area contributed by atoms with Gasteiger partial charge in [0, 0.05) is 26.7 Å². The first-order chi connectivity index (χ1) is 10.1. The molecule has 21 heavy (non-hydrogen) atoms. The molecule has 0 saturated carbocycles. The van der Waals surface area contributed by atoms with Crippen molar-refractivity contribution in [2.75, 3.05) is 33.4 Å². The van der Waals surface area contributed by atoms with Crippen molar-refractivity contribution in [3.8, 4) is 0 Å². The van der Waals surface area contributed by atoms with Crippen molar-refractivity contribution in [2.24, 2.45) is 5.92 Å². The lowest BCUT2D eigenvalue weighted by Crippen LogP contribution is -2.42. The first kappa shape index (κ1) is 14.5. The molecular formula is C17H24N2O2. The smallest absolute Gasteiger partial charge is 0.229 e. The molecule has 0 aliphatic carbocycles. The summed E-state index contributed by atoms with van der Waals surface area (Å²) < 4.78 is 5.65. The van der Waals surface area contributed by atoms with Crippen molar-refractivity contribution in [1.82, 2.24) is 9.80 Å². The molecule has 2 atom stereocenters. The summed E-state index contributed by atoms with van der Waals surface area (Å²) in [7, 11) is 1.91. The maximum absolute atomic E-state index is 12.4. The van der Waals surface area contributed by atoms with Crippen molar-refractivity contribution in [3.63, 3.8) is 0 Å². The van der Waals surface area contributed by atoms with Gasteiger partial charge in [0.05, 0.1) is 25.2 Å². The molecule has 2 fully saturated rings. The predicted molar refractivity (Wildman–Crippen MR) is 82.1 cm³/mol. The number of carbonyl (C=O) groups is 1. The number of hydrogen-bond donors (Lipinski definition) is 0. The van der Waals surface area contributed by atoms with Gasteiger partial charge < -0.3 is 9.64 Å². The molecule has 3 rings (SSSR count). The third kappa shape index (κ3) is 2.83. The van der Waals surface area contributed by atoms with E-state index in [2.05, 4.69) is 36.9 Å². The van der Waals surface area contributed by atoms with Crippen LogP contribution in [0.1, 0.15) is 16.7 Å². The maximum atomic E-state index is 12.4. The summed E-state index contributed by atoms with van der Waals surface area (Å²) in [4.78, 5) is 16.7.